The van der Waals surface area contributed by atoms with Gasteiger partial charge in [0.2, 0.25) is 0 Å². The molecular formula is C18H25ClO6. The third kappa shape index (κ3) is 7.75. The molecule has 0 aliphatic rings. The second kappa shape index (κ2) is 11.7. The summed E-state index contributed by atoms with van der Waals surface area (Å²) in [5, 5.41) is 0.657. The van der Waals surface area contributed by atoms with Crippen molar-refractivity contribution in [3.05, 3.63) is 28.8 Å². The first-order chi connectivity index (χ1) is 12.0. The average molecular weight is 373 g/mol. The Morgan fingerprint density at radius 1 is 1.04 bits per heavy atom. The molecule has 6 nitrogen and oxygen atoms in total. The van der Waals surface area contributed by atoms with Crippen LogP contribution in [0.1, 0.15) is 25.8 Å². The normalized spacial score (nSPS) is 10.6. The predicted molar refractivity (Wildman–Crippen MR) is 93.9 cm³/mol. The Balaban J connectivity index is 2.33. The topological polar surface area (TPSA) is 71.1 Å². The molecule has 0 heterocycles. The standard InChI is InChI=1S/C18H25ClO6/c1-4-23-17(20)15(18(21)24-5-2)8-9-22-10-11-25-16-7-6-14(19)12-13(16)3/h6-7,12,15H,4-5,8-11H2,1-3H3. The Kier molecular flexibility index (Phi) is 9.96. The van der Waals surface area contributed by atoms with E-state index in [-0.39, 0.29) is 26.2 Å². The van der Waals surface area contributed by atoms with Crippen LogP contribution < -0.4 is 4.74 Å². The van der Waals surface area contributed by atoms with Gasteiger partial charge in [-0.2, -0.15) is 0 Å². The van der Waals surface area contributed by atoms with Crippen molar-refractivity contribution < 1.29 is 28.5 Å². The third-order valence-corrected chi connectivity index (χ3v) is 3.55. The maximum atomic E-state index is 11.8. The maximum Gasteiger partial charge on any atom is 0.320 e. The van der Waals surface area contributed by atoms with Crippen LogP contribution in [0.15, 0.2) is 18.2 Å². The minimum atomic E-state index is -0.959. The van der Waals surface area contributed by atoms with Crippen molar-refractivity contribution in [3.8, 4) is 5.75 Å². The number of halogens is 1. The van der Waals surface area contributed by atoms with E-state index < -0.39 is 17.9 Å². The summed E-state index contributed by atoms with van der Waals surface area (Å²) in [4.78, 5) is 23.6. The zero-order valence-electron chi connectivity index (χ0n) is 14.9. The Morgan fingerprint density at radius 3 is 2.24 bits per heavy atom. The highest BCUT2D eigenvalue weighted by Crippen LogP contribution is 2.21. The number of ether oxygens (including phenoxy) is 4. The van der Waals surface area contributed by atoms with E-state index >= 15 is 0 Å². The molecule has 0 saturated carbocycles. The van der Waals surface area contributed by atoms with Crippen LogP contribution in [0.3, 0.4) is 0 Å². The smallest absolute Gasteiger partial charge is 0.320 e. The molecule has 0 aromatic heterocycles. The minimum absolute atomic E-state index is 0.206. The van der Waals surface area contributed by atoms with Crippen LogP contribution in [0.25, 0.3) is 0 Å². The highest BCUT2D eigenvalue weighted by Gasteiger charge is 2.29. The van der Waals surface area contributed by atoms with Gasteiger partial charge in [0.25, 0.3) is 0 Å². The molecule has 0 spiro atoms. The fourth-order valence-corrected chi connectivity index (χ4v) is 2.33. The van der Waals surface area contributed by atoms with Crippen molar-refractivity contribution in [1.29, 1.82) is 0 Å². The van der Waals surface area contributed by atoms with Crippen molar-refractivity contribution in [1.82, 2.24) is 0 Å². The van der Waals surface area contributed by atoms with Gasteiger partial charge < -0.3 is 18.9 Å². The molecule has 1 aromatic rings. The van der Waals surface area contributed by atoms with Gasteiger partial charge in [0.1, 0.15) is 12.4 Å². The van der Waals surface area contributed by atoms with Crippen LogP contribution in [-0.2, 0) is 23.8 Å². The maximum absolute atomic E-state index is 11.8. The monoisotopic (exact) mass is 372 g/mol. The van der Waals surface area contributed by atoms with Gasteiger partial charge >= 0.3 is 11.9 Å². The summed E-state index contributed by atoms with van der Waals surface area (Å²) < 4.78 is 20.8. The number of esters is 2. The number of aryl methyl sites for hydroxylation is 1. The molecule has 140 valence electrons. The molecule has 7 heteroatoms. The van der Waals surface area contributed by atoms with Crippen LogP contribution in [0.2, 0.25) is 5.02 Å². The number of rotatable bonds is 11. The van der Waals surface area contributed by atoms with Crippen molar-refractivity contribution >= 4 is 23.5 Å². The Morgan fingerprint density at radius 2 is 1.68 bits per heavy atom. The summed E-state index contributed by atoms with van der Waals surface area (Å²) in [5.74, 6) is -1.39. The molecule has 0 N–H and O–H groups in total. The lowest BCUT2D eigenvalue weighted by molar-refractivity contribution is -0.162. The van der Waals surface area contributed by atoms with E-state index in [4.69, 9.17) is 30.5 Å². The number of hydrogen-bond donors (Lipinski definition) is 0. The van der Waals surface area contributed by atoms with E-state index in [9.17, 15) is 9.59 Å². The van der Waals surface area contributed by atoms with Gasteiger partial charge in [0, 0.05) is 11.6 Å². The number of carbonyl (C=O) groups is 2. The first-order valence-corrected chi connectivity index (χ1v) is 8.67. The minimum Gasteiger partial charge on any atom is -0.491 e. The summed E-state index contributed by atoms with van der Waals surface area (Å²) in [7, 11) is 0. The van der Waals surface area contributed by atoms with E-state index in [2.05, 4.69) is 0 Å². The van der Waals surface area contributed by atoms with Gasteiger partial charge in [0.05, 0.1) is 19.8 Å². The highest BCUT2D eigenvalue weighted by molar-refractivity contribution is 6.30. The van der Waals surface area contributed by atoms with Gasteiger partial charge in [-0.05, 0) is 51.0 Å². The molecule has 1 aromatic carbocycles. The van der Waals surface area contributed by atoms with Crippen molar-refractivity contribution in [3.63, 3.8) is 0 Å². The fourth-order valence-electron chi connectivity index (χ4n) is 2.11. The zero-order chi connectivity index (χ0) is 18.7. The van der Waals surface area contributed by atoms with Gasteiger partial charge in [-0.3, -0.25) is 9.59 Å². The Labute approximate surface area is 153 Å². The van der Waals surface area contributed by atoms with Gasteiger partial charge in [-0.25, -0.2) is 0 Å². The lowest BCUT2D eigenvalue weighted by Gasteiger charge is -2.14. The largest absolute Gasteiger partial charge is 0.491 e. The molecule has 0 atom stereocenters. The predicted octanol–water partition coefficient (Wildman–Crippen LogP) is 3.18. The lowest BCUT2D eigenvalue weighted by atomic mass is 10.1. The van der Waals surface area contributed by atoms with Crippen LogP contribution in [0.5, 0.6) is 5.75 Å². The van der Waals surface area contributed by atoms with E-state index in [1.807, 2.05) is 13.0 Å². The summed E-state index contributed by atoms with van der Waals surface area (Å²) in [6.45, 7) is 6.62. The van der Waals surface area contributed by atoms with Crippen molar-refractivity contribution in [2.24, 2.45) is 5.92 Å². The van der Waals surface area contributed by atoms with E-state index in [0.717, 1.165) is 11.3 Å². The molecule has 0 aliphatic heterocycles. The average Bonchev–Trinajstić information content (AvgIpc) is 2.56. The van der Waals surface area contributed by atoms with E-state index in [0.29, 0.717) is 18.2 Å². The third-order valence-electron chi connectivity index (χ3n) is 3.32. The lowest BCUT2D eigenvalue weighted by Crippen LogP contribution is -2.29. The first kappa shape index (κ1) is 21.3. The second-order valence-electron chi connectivity index (χ2n) is 5.22. The number of hydrogen-bond acceptors (Lipinski definition) is 6. The summed E-state index contributed by atoms with van der Waals surface area (Å²) >= 11 is 5.89. The Hall–Kier alpha value is -1.79. The Bertz CT molecular complexity index is 542. The molecule has 0 unspecified atom stereocenters. The highest BCUT2D eigenvalue weighted by atomic mass is 35.5. The molecular weight excluding hydrogens is 348 g/mol. The van der Waals surface area contributed by atoms with Crippen LogP contribution in [0.4, 0.5) is 0 Å². The van der Waals surface area contributed by atoms with Gasteiger partial charge in [-0.1, -0.05) is 11.6 Å². The number of benzene rings is 1. The quantitative estimate of drug-likeness (QED) is 0.337. The summed E-state index contributed by atoms with van der Waals surface area (Å²) in [6, 6.07) is 5.38. The van der Waals surface area contributed by atoms with Crippen LogP contribution in [-0.4, -0.2) is 45.0 Å². The molecule has 0 aliphatic carbocycles. The summed E-state index contributed by atoms with van der Waals surface area (Å²) in [6.07, 6.45) is 0.206. The van der Waals surface area contributed by atoms with Crippen molar-refractivity contribution in [2.75, 3.05) is 33.0 Å². The van der Waals surface area contributed by atoms with Crippen LogP contribution in [0, 0.1) is 12.8 Å². The molecule has 0 fully saturated rings. The fraction of sp³-hybridized carbons (Fsp3) is 0.556. The van der Waals surface area contributed by atoms with Crippen LogP contribution >= 0.6 is 11.6 Å². The molecule has 0 radical (unpaired) electrons. The van der Waals surface area contributed by atoms with E-state index in [1.54, 1.807) is 26.0 Å². The molecule has 0 saturated heterocycles. The molecule has 25 heavy (non-hydrogen) atoms. The van der Waals surface area contributed by atoms with Gasteiger partial charge in [-0.15, -0.1) is 0 Å². The first-order valence-electron chi connectivity index (χ1n) is 8.29. The van der Waals surface area contributed by atoms with Crippen molar-refractivity contribution in [2.45, 2.75) is 27.2 Å². The van der Waals surface area contributed by atoms with Gasteiger partial charge in [0.15, 0.2) is 5.92 Å². The van der Waals surface area contributed by atoms with E-state index in [1.165, 1.54) is 0 Å². The number of carbonyl (C=O) groups excluding carboxylic acids is 2. The molecule has 0 bridgehead atoms. The molecule has 0 amide bonds. The SMILES string of the molecule is CCOC(=O)C(CCOCCOc1ccc(Cl)cc1C)C(=O)OCC. The molecule has 1 rings (SSSR count). The zero-order valence-corrected chi connectivity index (χ0v) is 15.6. The summed E-state index contributed by atoms with van der Waals surface area (Å²) in [5.41, 5.74) is 0.942. The second-order valence-corrected chi connectivity index (χ2v) is 5.65.